The lowest BCUT2D eigenvalue weighted by atomic mass is 9.96. The van der Waals surface area contributed by atoms with Crippen LogP contribution >= 0.6 is 11.6 Å². The average Bonchev–Trinajstić information content (AvgIpc) is 3.09. The summed E-state index contributed by atoms with van der Waals surface area (Å²) in [5.41, 5.74) is 2.33. The third-order valence-electron chi connectivity index (χ3n) is 4.32. The van der Waals surface area contributed by atoms with E-state index in [4.69, 9.17) is 16.0 Å². The molecular weight excluding hydrogens is 364 g/mol. The maximum absolute atomic E-state index is 12.4. The zero-order valence-electron chi connectivity index (χ0n) is 14.4. The lowest BCUT2D eigenvalue weighted by Crippen LogP contribution is -2.35. The van der Waals surface area contributed by atoms with Crippen LogP contribution in [-0.4, -0.2) is 16.7 Å². The first kappa shape index (κ1) is 17.3. The molecule has 1 aromatic heterocycles. The predicted molar refractivity (Wildman–Crippen MR) is 104 cm³/mol. The molecule has 1 aliphatic heterocycles. The molecule has 1 aliphatic carbocycles. The summed E-state index contributed by atoms with van der Waals surface area (Å²) in [4.78, 5) is 21.3. The van der Waals surface area contributed by atoms with Crippen molar-refractivity contribution in [3.05, 3.63) is 82.8 Å². The van der Waals surface area contributed by atoms with Gasteiger partial charge in [-0.2, -0.15) is 0 Å². The van der Waals surface area contributed by atoms with Crippen molar-refractivity contribution in [3.63, 3.8) is 0 Å². The number of ketones is 1. The van der Waals surface area contributed by atoms with E-state index >= 15 is 0 Å². The summed E-state index contributed by atoms with van der Waals surface area (Å²) in [5.74, 6) is 0.555. The van der Waals surface area contributed by atoms with Gasteiger partial charge in [0.25, 0.3) is 0 Å². The number of rotatable bonds is 2. The number of allylic oxidation sites excluding steroid dienone is 1. The van der Waals surface area contributed by atoms with Gasteiger partial charge in [-0.1, -0.05) is 41.9 Å². The number of benzene rings is 1. The fraction of sp³-hybridized carbons (Fsp3) is 0.150. The van der Waals surface area contributed by atoms with Gasteiger partial charge in [0.1, 0.15) is 6.04 Å². The topological polar surface area (TPSA) is 79.5 Å². The van der Waals surface area contributed by atoms with Crippen molar-refractivity contribution in [2.75, 3.05) is 5.32 Å². The first-order chi connectivity index (χ1) is 13.2. The van der Waals surface area contributed by atoms with Crippen molar-refractivity contribution in [1.82, 2.24) is 10.3 Å². The summed E-state index contributed by atoms with van der Waals surface area (Å²) in [6.07, 6.45) is 4.25. The number of aliphatic imine (C=N–C) groups is 1. The molecule has 0 fully saturated rings. The minimum atomic E-state index is -0.461. The molecule has 0 bridgehead atoms. The first-order valence-electron chi connectivity index (χ1n) is 8.58. The monoisotopic (exact) mass is 380 g/mol. The number of aromatic nitrogens is 1. The standard InChI is InChI=1S/C20H17ClN4O2/c21-14-8-4-3-7-13(14)18-17-15(9-10-16(17)26)23-19(24-18)25-20-22-11-5-1-2-6-12-27-20/h1-8,11-12,18H,9-10H2,(H2,22,23,24,25). The van der Waals surface area contributed by atoms with Gasteiger partial charge in [0.15, 0.2) is 5.78 Å². The molecule has 1 aromatic carbocycles. The number of Topliss-reactive ketones (excluding diaryl/α,β-unsaturated/α-hetero) is 1. The van der Waals surface area contributed by atoms with E-state index in [1.807, 2.05) is 30.3 Å². The second-order valence-electron chi connectivity index (χ2n) is 6.07. The minimum Gasteiger partial charge on any atom is -0.434 e. The Labute approximate surface area is 161 Å². The van der Waals surface area contributed by atoms with Crippen LogP contribution in [0.15, 0.2) is 81.7 Å². The Balaban J connectivity index is 1.72. The Kier molecular flexibility index (Phi) is 4.89. The largest absolute Gasteiger partial charge is 0.434 e. The van der Waals surface area contributed by atoms with Gasteiger partial charge >= 0.3 is 6.01 Å². The summed E-state index contributed by atoms with van der Waals surface area (Å²) in [7, 11) is 0. The number of anilines is 1. The number of hydrogen-bond donors (Lipinski definition) is 2. The molecule has 6 nitrogen and oxygen atoms in total. The first-order valence-corrected chi connectivity index (χ1v) is 8.95. The molecule has 0 spiro atoms. The molecule has 0 radical (unpaired) electrons. The predicted octanol–water partition coefficient (Wildman–Crippen LogP) is 4.18. The van der Waals surface area contributed by atoms with Crippen LogP contribution in [0.5, 0.6) is 0 Å². The number of guanidine groups is 1. The van der Waals surface area contributed by atoms with Crippen LogP contribution in [0, 0.1) is 0 Å². The number of hydrogen-bond acceptors (Lipinski definition) is 6. The highest BCUT2D eigenvalue weighted by Gasteiger charge is 2.35. The highest BCUT2D eigenvalue weighted by atomic mass is 35.5. The number of nitrogens with zero attached hydrogens (tertiary/aromatic N) is 2. The number of nitrogens with one attached hydrogen (secondary N) is 2. The Morgan fingerprint density at radius 2 is 1.96 bits per heavy atom. The van der Waals surface area contributed by atoms with Gasteiger partial charge in [-0.05, 0) is 30.2 Å². The van der Waals surface area contributed by atoms with Gasteiger partial charge < -0.3 is 9.73 Å². The van der Waals surface area contributed by atoms with Gasteiger partial charge in [-0.3, -0.25) is 10.1 Å². The van der Waals surface area contributed by atoms with Crippen molar-refractivity contribution in [2.24, 2.45) is 4.99 Å². The summed E-state index contributed by atoms with van der Waals surface area (Å²) in [6.45, 7) is 0. The van der Waals surface area contributed by atoms with Crippen molar-refractivity contribution in [1.29, 1.82) is 0 Å². The lowest BCUT2D eigenvalue weighted by molar-refractivity contribution is -0.115. The second-order valence-corrected chi connectivity index (χ2v) is 6.48. The molecule has 136 valence electrons. The fourth-order valence-corrected chi connectivity index (χ4v) is 3.35. The molecular formula is C20H17ClN4O2. The molecule has 2 N–H and O–H groups in total. The van der Waals surface area contributed by atoms with Gasteiger partial charge in [-0.25, -0.2) is 9.98 Å². The second kappa shape index (κ2) is 7.63. The van der Waals surface area contributed by atoms with E-state index < -0.39 is 6.04 Å². The third-order valence-corrected chi connectivity index (χ3v) is 4.67. The molecule has 2 aliphatic rings. The van der Waals surface area contributed by atoms with E-state index in [9.17, 15) is 4.79 Å². The van der Waals surface area contributed by atoms with Gasteiger partial charge in [0.2, 0.25) is 5.96 Å². The molecule has 1 atom stereocenters. The van der Waals surface area contributed by atoms with Crippen LogP contribution in [0.1, 0.15) is 24.4 Å². The van der Waals surface area contributed by atoms with E-state index in [0.29, 0.717) is 29.4 Å². The minimum absolute atomic E-state index is 0.0955. The van der Waals surface area contributed by atoms with Crippen LogP contribution in [-0.2, 0) is 4.79 Å². The Morgan fingerprint density at radius 3 is 2.85 bits per heavy atom. The van der Waals surface area contributed by atoms with E-state index in [-0.39, 0.29) is 11.8 Å². The molecule has 4 rings (SSSR count). The van der Waals surface area contributed by atoms with Crippen LogP contribution in [0.25, 0.3) is 0 Å². The summed E-state index contributed by atoms with van der Waals surface area (Å²) < 4.78 is 5.49. The average molecular weight is 381 g/mol. The van der Waals surface area contributed by atoms with E-state index in [2.05, 4.69) is 20.6 Å². The van der Waals surface area contributed by atoms with Gasteiger partial charge in [0.05, 0.1) is 6.26 Å². The molecule has 0 saturated heterocycles. The third kappa shape index (κ3) is 3.71. The van der Waals surface area contributed by atoms with Gasteiger partial charge in [0, 0.05) is 28.9 Å². The molecule has 2 heterocycles. The van der Waals surface area contributed by atoms with Crippen molar-refractivity contribution in [3.8, 4) is 0 Å². The molecule has 27 heavy (non-hydrogen) atoms. The van der Waals surface area contributed by atoms with Crippen LogP contribution in [0.2, 0.25) is 5.02 Å². The molecule has 2 aromatic rings. The number of carbonyl (C=O) groups excluding carboxylic acids is 1. The number of carbonyl (C=O) groups is 1. The Hall–Kier alpha value is -3.12. The number of halogens is 1. The zero-order chi connectivity index (χ0) is 18.6. The summed E-state index contributed by atoms with van der Waals surface area (Å²) in [6, 6.07) is 14.5. The molecule has 7 heteroatoms. The summed E-state index contributed by atoms with van der Waals surface area (Å²) in [5, 5.41) is 6.82. The van der Waals surface area contributed by atoms with Crippen molar-refractivity contribution < 1.29 is 9.21 Å². The van der Waals surface area contributed by atoms with Crippen LogP contribution in [0.3, 0.4) is 0 Å². The Bertz CT molecular complexity index is 970. The highest BCUT2D eigenvalue weighted by Crippen LogP contribution is 2.39. The zero-order valence-corrected chi connectivity index (χ0v) is 15.1. The van der Waals surface area contributed by atoms with Crippen molar-refractivity contribution in [2.45, 2.75) is 18.9 Å². The maximum Gasteiger partial charge on any atom is 0.301 e. The van der Waals surface area contributed by atoms with Crippen LogP contribution in [0.4, 0.5) is 6.01 Å². The maximum atomic E-state index is 12.4. The smallest absolute Gasteiger partial charge is 0.301 e. The molecule has 0 amide bonds. The van der Waals surface area contributed by atoms with E-state index in [0.717, 1.165) is 11.3 Å². The van der Waals surface area contributed by atoms with Gasteiger partial charge in [-0.15, -0.1) is 0 Å². The highest BCUT2D eigenvalue weighted by molar-refractivity contribution is 6.31. The van der Waals surface area contributed by atoms with Crippen LogP contribution < -0.4 is 10.6 Å². The Morgan fingerprint density at radius 1 is 1.11 bits per heavy atom. The SMILES string of the molecule is O=C1CCC2=C1C(c1ccccc1Cl)N=C(Nc1ncccccco1)N2. The van der Waals surface area contributed by atoms with E-state index in [1.54, 1.807) is 24.4 Å². The van der Waals surface area contributed by atoms with Crippen molar-refractivity contribution >= 4 is 29.4 Å². The fourth-order valence-electron chi connectivity index (χ4n) is 3.11. The van der Waals surface area contributed by atoms with E-state index in [1.165, 1.54) is 6.26 Å². The molecule has 1 unspecified atom stereocenters. The quantitative estimate of drug-likeness (QED) is 0.816. The molecule has 0 saturated carbocycles. The normalized spacial score (nSPS) is 18.3. The summed E-state index contributed by atoms with van der Waals surface area (Å²) >= 11 is 6.38. The lowest BCUT2D eigenvalue weighted by Gasteiger charge is -2.24.